The third-order valence-electron chi connectivity index (χ3n) is 9.77. The van der Waals surface area contributed by atoms with E-state index < -0.39 is 0 Å². The van der Waals surface area contributed by atoms with Crippen molar-refractivity contribution in [3.8, 4) is 34.5 Å². The number of hydrogen-bond donors (Lipinski definition) is 0. The lowest BCUT2D eigenvalue weighted by molar-refractivity contribution is 0.101. The Bertz CT molecular complexity index is 1790. The van der Waals surface area contributed by atoms with Crippen molar-refractivity contribution in [2.24, 2.45) is 11.8 Å². The van der Waals surface area contributed by atoms with Crippen LogP contribution in [0.4, 0.5) is 0 Å². The molecule has 0 amide bonds. The highest BCUT2D eigenvalue weighted by Crippen LogP contribution is 2.58. The van der Waals surface area contributed by atoms with Crippen molar-refractivity contribution in [2.45, 2.75) is 66.1 Å². The first-order chi connectivity index (χ1) is 22.1. The normalized spacial score (nSPS) is 21.7. The van der Waals surface area contributed by atoms with Crippen LogP contribution in [0.5, 0.6) is 34.5 Å². The summed E-state index contributed by atoms with van der Waals surface area (Å²) in [6.07, 6.45) is 0.545. The summed E-state index contributed by atoms with van der Waals surface area (Å²) in [5.41, 5.74) is 10.6. The van der Waals surface area contributed by atoms with E-state index in [0.717, 1.165) is 23.3 Å². The van der Waals surface area contributed by atoms with Crippen LogP contribution in [0.15, 0.2) is 54.6 Å². The molecule has 0 saturated heterocycles. The fourth-order valence-electron chi connectivity index (χ4n) is 7.29. The van der Waals surface area contributed by atoms with Crippen LogP contribution in [0.2, 0.25) is 0 Å². The van der Waals surface area contributed by atoms with E-state index in [1.165, 1.54) is 38.9 Å². The summed E-state index contributed by atoms with van der Waals surface area (Å²) in [6, 6.07) is 18.8. The van der Waals surface area contributed by atoms with Gasteiger partial charge in [0, 0.05) is 41.0 Å². The maximum Gasteiger partial charge on any atom is 0.165 e. The van der Waals surface area contributed by atoms with E-state index >= 15 is 0 Å². The number of fused-ring (bicyclic) bond motifs is 2. The van der Waals surface area contributed by atoms with E-state index in [-0.39, 0.29) is 24.0 Å². The van der Waals surface area contributed by atoms with Gasteiger partial charge in [0.05, 0.1) is 37.9 Å². The third-order valence-corrected chi connectivity index (χ3v) is 10.8. The van der Waals surface area contributed by atoms with Gasteiger partial charge in [0.25, 0.3) is 0 Å². The Kier molecular flexibility index (Phi) is 9.77. The van der Waals surface area contributed by atoms with Gasteiger partial charge >= 0.3 is 0 Å². The monoisotopic (exact) mass is 694 g/mol. The summed E-state index contributed by atoms with van der Waals surface area (Å²) < 4.78 is 36.7. The molecule has 4 aromatic carbocycles. The number of rotatable bonds is 7. The van der Waals surface area contributed by atoms with Gasteiger partial charge in [0.2, 0.25) is 0 Å². The molecule has 0 N–H and O–H groups in total. The molecule has 0 aliphatic carbocycles. The third kappa shape index (κ3) is 5.86. The molecule has 0 spiro atoms. The van der Waals surface area contributed by atoms with Crippen LogP contribution in [0.1, 0.15) is 82.0 Å². The molecular weight excluding hydrogens is 652 g/mol. The Morgan fingerprint density at radius 3 is 1.98 bits per heavy atom. The van der Waals surface area contributed by atoms with Crippen LogP contribution in [-0.4, -0.2) is 0 Å². The average molecular weight is 695 g/mol. The highest BCUT2D eigenvalue weighted by Gasteiger charge is 2.44. The summed E-state index contributed by atoms with van der Waals surface area (Å²) in [6.45, 7) is 13.3. The summed E-state index contributed by atoms with van der Waals surface area (Å²) in [5.74, 6) is 4.36. The minimum absolute atomic E-state index is 0.0252. The molecule has 9 unspecified atom stereocenters. The second-order valence-corrected chi connectivity index (χ2v) is 13.6. The Balaban J connectivity index is 1.57. The zero-order valence-electron chi connectivity index (χ0n) is 27.0. The van der Waals surface area contributed by atoms with Gasteiger partial charge in [-0.25, -0.2) is 0 Å². The van der Waals surface area contributed by atoms with Gasteiger partial charge in [-0.1, -0.05) is 44.2 Å². The van der Waals surface area contributed by atoms with Crippen molar-refractivity contribution < 1.29 is 27.6 Å². The van der Waals surface area contributed by atoms with E-state index in [1.807, 2.05) is 30.3 Å². The summed E-state index contributed by atoms with van der Waals surface area (Å²) in [7, 11) is 9.33. The summed E-state index contributed by atoms with van der Waals surface area (Å²) >= 11 is 0. The van der Waals surface area contributed by atoms with Crippen molar-refractivity contribution in [1.29, 1.82) is 0 Å². The Labute approximate surface area is 281 Å². The number of benzene rings is 4. The predicted octanol–water partition coefficient (Wildman–Crippen LogP) is 9.81. The van der Waals surface area contributed by atoms with Crippen molar-refractivity contribution in [3.05, 3.63) is 105 Å². The predicted molar refractivity (Wildman–Crippen MR) is 197 cm³/mol. The standard InChI is InChI=1S/C36H42O6P4/c1-17-7-8-23(12-18(17)2)34-21(5)13-26-19(3)11-20(4)31(36(26)38-34)32-22(6)35(24-9-10-27(40-44)28(14-24)41-45)37-29-15-25(39-43)16-30(42-46)33(29)32/h7-12,14-16,21-22,32,34-35H,13,43-46H2,1-6H3. The van der Waals surface area contributed by atoms with Crippen LogP contribution in [0, 0.1) is 39.5 Å². The molecule has 6 nitrogen and oxygen atoms in total. The molecule has 2 aliphatic heterocycles. The van der Waals surface area contributed by atoms with Gasteiger partial charge in [0.1, 0.15) is 35.2 Å². The van der Waals surface area contributed by atoms with Gasteiger partial charge in [0.15, 0.2) is 11.5 Å². The van der Waals surface area contributed by atoms with Gasteiger partial charge in [-0.2, -0.15) is 0 Å². The van der Waals surface area contributed by atoms with E-state index in [9.17, 15) is 0 Å². The Morgan fingerprint density at radius 2 is 1.30 bits per heavy atom. The van der Waals surface area contributed by atoms with Crippen molar-refractivity contribution in [3.63, 3.8) is 0 Å². The first kappa shape index (κ1) is 33.3. The number of hydrogen-bond acceptors (Lipinski definition) is 6. The van der Waals surface area contributed by atoms with Crippen LogP contribution >= 0.6 is 37.9 Å². The fraction of sp³-hybridized carbons (Fsp3) is 0.333. The Hall–Kier alpha value is -2.60. The lowest BCUT2D eigenvalue weighted by Crippen LogP contribution is -2.32. The number of aryl methyl sites for hydroxylation is 4. The summed E-state index contributed by atoms with van der Waals surface area (Å²) in [4.78, 5) is 0. The largest absolute Gasteiger partial charge is 0.485 e. The smallest absolute Gasteiger partial charge is 0.165 e. The van der Waals surface area contributed by atoms with Crippen molar-refractivity contribution in [2.75, 3.05) is 0 Å². The molecule has 46 heavy (non-hydrogen) atoms. The molecule has 242 valence electrons. The van der Waals surface area contributed by atoms with Crippen LogP contribution in [0.25, 0.3) is 0 Å². The lowest BCUT2D eigenvalue weighted by Gasteiger charge is -2.42. The highest BCUT2D eigenvalue weighted by atomic mass is 31.0. The summed E-state index contributed by atoms with van der Waals surface area (Å²) in [5, 5.41) is 0. The zero-order valence-corrected chi connectivity index (χ0v) is 31.7. The Morgan fingerprint density at radius 1 is 0.609 bits per heavy atom. The van der Waals surface area contributed by atoms with Gasteiger partial charge in [-0.3, -0.25) is 0 Å². The topological polar surface area (TPSA) is 55.4 Å². The molecule has 4 aromatic rings. The molecule has 0 fully saturated rings. The second kappa shape index (κ2) is 13.5. The highest BCUT2D eigenvalue weighted by molar-refractivity contribution is 7.11. The second-order valence-electron chi connectivity index (χ2n) is 12.7. The quantitative estimate of drug-likeness (QED) is 0.180. The van der Waals surface area contributed by atoms with Crippen LogP contribution in [-0.2, 0) is 6.42 Å². The molecule has 2 aliphatic rings. The van der Waals surface area contributed by atoms with E-state index in [1.54, 1.807) is 0 Å². The fourth-order valence-corrected chi connectivity index (χ4v) is 8.00. The van der Waals surface area contributed by atoms with Crippen molar-refractivity contribution in [1.82, 2.24) is 0 Å². The molecule has 0 saturated carbocycles. The maximum atomic E-state index is 7.20. The van der Waals surface area contributed by atoms with E-state index in [2.05, 4.69) is 104 Å². The zero-order chi connectivity index (χ0) is 32.9. The maximum absolute atomic E-state index is 7.20. The van der Waals surface area contributed by atoms with Crippen molar-refractivity contribution >= 4 is 37.9 Å². The van der Waals surface area contributed by atoms with Gasteiger partial charge < -0.3 is 27.6 Å². The molecular formula is C36H42O6P4. The minimum Gasteiger partial charge on any atom is -0.485 e. The lowest BCUT2D eigenvalue weighted by atomic mass is 9.71. The van der Waals surface area contributed by atoms with Gasteiger partial charge in [-0.05, 0) is 85.2 Å². The molecule has 9 atom stereocenters. The van der Waals surface area contributed by atoms with E-state index in [0.29, 0.717) is 34.7 Å². The first-order valence-corrected chi connectivity index (χ1v) is 17.3. The minimum atomic E-state index is -0.318. The van der Waals surface area contributed by atoms with Crippen LogP contribution < -0.4 is 27.6 Å². The first-order valence-electron chi connectivity index (χ1n) is 15.4. The molecule has 0 bridgehead atoms. The SMILES string of the molecule is Cc1ccc(C2Oc3c(c(C)cc(C)c3C3c4c(OP)cc(OP)cc4OC(c4ccc(OP)c(OP)c4)C3C)CC2C)cc1C. The van der Waals surface area contributed by atoms with Crippen LogP contribution in [0.3, 0.4) is 0 Å². The van der Waals surface area contributed by atoms with E-state index in [4.69, 9.17) is 27.6 Å². The van der Waals surface area contributed by atoms with Gasteiger partial charge in [-0.15, -0.1) is 0 Å². The average Bonchev–Trinajstić information content (AvgIpc) is 3.05. The molecule has 10 heteroatoms. The molecule has 0 radical (unpaired) electrons. The molecule has 2 heterocycles. The molecule has 0 aromatic heterocycles. The number of ether oxygens (including phenoxy) is 2. The molecule has 6 rings (SSSR count).